The van der Waals surface area contributed by atoms with E-state index in [-0.39, 0.29) is 17.4 Å². The van der Waals surface area contributed by atoms with Gasteiger partial charge in [0.05, 0.1) is 35.0 Å². The van der Waals surface area contributed by atoms with Crippen LogP contribution in [-0.2, 0) is 6.54 Å². The Morgan fingerprint density at radius 2 is 1.94 bits per heavy atom. The van der Waals surface area contributed by atoms with Gasteiger partial charge in [0.25, 0.3) is 5.56 Å². The van der Waals surface area contributed by atoms with Gasteiger partial charge in [-0.25, -0.2) is 24.9 Å². The molecule has 36 heavy (non-hydrogen) atoms. The maximum atomic E-state index is 13.4. The Morgan fingerprint density at radius 1 is 1.17 bits per heavy atom. The number of rotatable bonds is 8. The lowest BCUT2D eigenvalue weighted by molar-refractivity contribution is 0.593. The number of hydrogen-bond donors (Lipinski definition) is 1. The van der Waals surface area contributed by atoms with Gasteiger partial charge in [0.2, 0.25) is 0 Å². The molecule has 1 aliphatic rings. The fourth-order valence-electron chi connectivity index (χ4n) is 4.16. The number of aromatic nitrogens is 6. The fraction of sp³-hybridized carbons (Fsp3) is 0.346. The van der Waals surface area contributed by atoms with Crippen LogP contribution in [0.15, 0.2) is 46.5 Å². The van der Waals surface area contributed by atoms with Crippen LogP contribution in [0.3, 0.4) is 0 Å². The average Bonchev–Trinajstić information content (AvgIpc) is 3.72. The molecule has 0 aliphatic heterocycles. The van der Waals surface area contributed by atoms with Crippen LogP contribution in [0.4, 0.5) is 5.82 Å². The summed E-state index contributed by atoms with van der Waals surface area (Å²) < 4.78 is 1.66. The Morgan fingerprint density at radius 3 is 2.64 bits per heavy atom. The minimum absolute atomic E-state index is 0.126. The maximum absolute atomic E-state index is 13.4. The van der Waals surface area contributed by atoms with Gasteiger partial charge < -0.3 is 5.32 Å². The Bertz CT molecular complexity index is 1520. The van der Waals surface area contributed by atoms with Crippen LogP contribution in [0.25, 0.3) is 22.6 Å². The lowest BCUT2D eigenvalue weighted by Crippen LogP contribution is -2.27. The Labute approximate surface area is 213 Å². The molecule has 0 atom stereocenters. The molecule has 3 aromatic heterocycles. The molecule has 3 heterocycles. The van der Waals surface area contributed by atoms with Crippen molar-refractivity contribution in [3.05, 3.63) is 64.1 Å². The van der Waals surface area contributed by atoms with Crippen molar-refractivity contribution in [2.45, 2.75) is 57.0 Å². The van der Waals surface area contributed by atoms with E-state index in [1.165, 1.54) is 11.8 Å². The van der Waals surface area contributed by atoms with Gasteiger partial charge in [-0.2, -0.15) is 5.26 Å². The highest BCUT2D eigenvalue weighted by Crippen LogP contribution is 2.43. The van der Waals surface area contributed by atoms with E-state index in [9.17, 15) is 4.79 Å². The third kappa shape index (κ3) is 4.79. The first kappa shape index (κ1) is 23.9. The second-order valence-corrected chi connectivity index (χ2v) is 10.1. The molecule has 0 amide bonds. The predicted octanol–water partition coefficient (Wildman–Crippen LogP) is 4.64. The summed E-state index contributed by atoms with van der Waals surface area (Å²) in [6.45, 7) is 6.29. The number of nitriles is 1. The van der Waals surface area contributed by atoms with Crippen LogP contribution in [-0.4, -0.2) is 35.2 Å². The standard InChI is InChI=1S/C26H26N8OS/c1-15(2)34-25-20(13-29-23(33-25)21-16(3)30-14-31-22(21)18-6-7-18)32-24(26(34)35)28-12-17-4-8-19(9-5-17)36-11-10-27/h4-5,8-9,13-15,18H,6-7,11-12H2,1-3H3,(H,28,32). The molecule has 1 aliphatic carbocycles. The van der Waals surface area contributed by atoms with Crippen molar-refractivity contribution in [3.63, 3.8) is 0 Å². The van der Waals surface area contributed by atoms with Crippen molar-refractivity contribution in [2.24, 2.45) is 0 Å². The van der Waals surface area contributed by atoms with Gasteiger partial charge in [-0.15, -0.1) is 11.8 Å². The molecule has 0 radical (unpaired) electrons. The minimum Gasteiger partial charge on any atom is -0.361 e. The second kappa shape index (κ2) is 10.0. The van der Waals surface area contributed by atoms with Gasteiger partial charge in [-0.05, 0) is 51.3 Å². The molecule has 1 fully saturated rings. The van der Waals surface area contributed by atoms with Crippen molar-refractivity contribution in [1.82, 2.24) is 29.5 Å². The summed E-state index contributed by atoms with van der Waals surface area (Å²) >= 11 is 1.49. The summed E-state index contributed by atoms with van der Waals surface area (Å²) in [7, 11) is 0. The van der Waals surface area contributed by atoms with E-state index in [0.29, 0.717) is 35.2 Å². The van der Waals surface area contributed by atoms with Crippen LogP contribution >= 0.6 is 11.8 Å². The monoisotopic (exact) mass is 498 g/mol. The van der Waals surface area contributed by atoms with Gasteiger partial charge in [-0.3, -0.25) is 9.36 Å². The van der Waals surface area contributed by atoms with Crippen LogP contribution in [0.2, 0.25) is 0 Å². The quantitative estimate of drug-likeness (QED) is 0.346. The molecule has 9 nitrogen and oxygen atoms in total. The van der Waals surface area contributed by atoms with Crippen LogP contribution < -0.4 is 10.9 Å². The summed E-state index contributed by atoms with van der Waals surface area (Å²) in [6, 6.07) is 9.90. The molecule has 0 unspecified atom stereocenters. The molecule has 5 rings (SSSR count). The van der Waals surface area contributed by atoms with E-state index in [1.54, 1.807) is 17.1 Å². The number of fused-ring (bicyclic) bond motifs is 1. The van der Waals surface area contributed by atoms with Crippen molar-refractivity contribution in [3.8, 4) is 17.5 Å². The van der Waals surface area contributed by atoms with Crippen LogP contribution in [0.1, 0.15) is 55.6 Å². The van der Waals surface area contributed by atoms with Gasteiger partial charge in [0.15, 0.2) is 17.3 Å². The largest absolute Gasteiger partial charge is 0.361 e. The van der Waals surface area contributed by atoms with E-state index >= 15 is 0 Å². The first-order valence-electron chi connectivity index (χ1n) is 11.9. The SMILES string of the molecule is Cc1ncnc(C2CC2)c1-c1ncc2nc(NCc3ccc(SCC#N)cc3)c(=O)n(C(C)C)c2n1. The Balaban J connectivity index is 1.49. The number of nitrogens with one attached hydrogen (secondary N) is 1. The summed E-state index contributed by atoms with van der Waals surface area (Å²) in [5.41, 5.74) is 4.47. The first-order chi connectivity index (χ1) is 17.5. The van der Waals surface area contributed by atoms with Crippen molar-refractivity contribution < 1.29 is 0 Å². The van der Waals surface area contributed by atoms with E-state index in [4.69, 9.17) is 10.2 Å². The molecule has 0 bridgehead atoms. The summed E-state index contributed by atoms with van der Waals surface area (Å²) in [5.74, 6) is 1.61. The van der Waals surface area contributed by atoms with E-state index in [0.717, 1.165) is 40.3 Å². The van der Waals surface area contributed by atoms with Crippen molar-refractivity contribution in [2.75, 3.05) is 11.1 Å². The maximum Gasteiger partial charge on any atom is 0.295 e. The van der Waals surface area contributed by atoms with Gasteiger partial charge in [-0.1, -0.05) is 12.1 Å². The molecule has 0 saturated heterocycles. The second-order valence-electron chi connectivity index (χ2n) is 9.07. The van der Waals surface area contributed by atoms with Crippen LogP contribution in [0.5, 0.6) is 0 Å². The molecule has 4 aromatic rings. The number of hydrogen-bond acceptors (Lipinski definition) is 9. The zero-order valence-corrected chi connectivity index (χ0v) is 21.2. The van der Waals surface area contributed by atoms with E-state index in [1.807, 2.05) is 45.0 Å². The Hall–Kier alpha value is -3.84. The normalized spacial score (nSPS) is 13.2. The zero-order chi connectivity index (χ0) is 25.2. The number of nitrogens with zero attached hydrogens (tertiary/aromatic N) is 7. The van der Waals surface area contributed by atoms with Gasteiger partial charge >= 0.3 is 0 Å². The Kier molecular flexibility index (Phi) is 6.65. The predicted molar refractivity (Wildman–Crippen MR) is 140 cm³/mol. The summed E-state index contributed by atoms with van der Waals surface area (Å²) in [6.07, 6.45) is 5.47. The third-order valence-electron chi connectivity index (χ3n) is 6.09. The lowest BCUT2D eigenvalue weighted by Gasteiger charge is -2.16. The molecular weight excluding hydrogens is 472 g/mol. The van der Waals surface area contributed by atoms with Crippen molar-refractivity contribution >= 4 is 28.7 Å². The third-order valence-corrected chi connectivity index (χ3v) is 6.97. The van der Waals surface area contributed by atoms with Gasteiger partial charge in [0, 0.05) is 23.4 Å². The molecule has 1 saturated carbocycles. The first-order valence-corrected chi connectivity index (χ1v) is 12.9. The highest BCUT2D eigenvalue weighted by atomic mass is 32.2. The number of aryl methyl sites for hydroxylation is 1. The van der Waals surface area contributed by atoms with Crippen LogP contribution in [0, 0.1) is 18.3 Å². The van der Waals surface area contributed by atoms with Gasteiger partial charge in [0.1, 0.15) is 11.8 Å². The molecular formula is C26H26N8OS. The molecule has 182 valence electrons. The zero-order valence-electron chi connectivity index (χ0n) is 20.4. The topological polar surface area (TPSA) is 122 Å². The smallest absolute Gasteiger partial charge is 0.295 e. The molecule has 1 N–H and O–H groups in total. The number of benzene rings is 1. The summed E-state index contributed by atoms with van der Waals surface area (Å²) in [5, 5.41) is 11.9. The lowest BCUT2D eigenvalue weighted by atomic mass is 10.1. The van der Waals surface area contributed by atoms with Crippen molar-refractivity contribution in [1.29, 1.82) is 5.26 Å². The average molecular weight is 499 g/mol. The number of thioether (sulfide) groups is 1. The van der Waals surface area contributed by atoms with E-state index < -0.39 is 0 Å². The molecule has 0 spiro atoms. The number of anilines is 1. The highest BCUT2D eigenvalue weighted by Gasteiger charge is 2.30. The molecule has 1 aromatic carbocycles. The minimum atomic E-state index is -0.230. The fourth-order valence-corrected chi connectivity index (χ4v) is 4.72. The molecule has 10 heteroatoms. The highest BCUT2D eigenvalue weighted by molar-refractivity contribution is 7.99. The van der Waals surface area contributed by atoms with E-state index in [2.05, 4.69) is 31.3 Å². The summed E-state index contributed by atoms with van der Waals surface area (Å²) in [4.78, 5) is 37.4.